The van der Waals surface area contributed by atoms with Gasteiger partial charge in [0.25, 0.3) is 0 Å². The highest BCUT2D eigenvalue weighted by Gasteiger charge is 2.13. The summed E-state index contributed by atoms with van der Waals surface area (Å²) in [4.78, 5) is 3.86. The number of hydrogen-bond donors (Lipinski definition) is 1. The van der Waals surface area contributed by atoms with Crippen LogP contribution in [0.25, 0.3) is 0 Å². The molecule has 1 aromatic rings. The zero-order valence-corrected chi connectivity index (χ0v) is 9.63. The minimum Gasteiger partial charge on any atom is -0.466 e. The Morgan fingerprint density at radius 2 is 1.80 bits per heavy atom. The van der Waals surface area contributed by atoms with Crippen LogP contribution in [0.2, 0.25) is 5.02 Å². The Hall–Kier alpha value is -0.570. The molecule has 1 heterocycles. The second kappa shape index (κ2) is 4.97. The van der Waals surface area contributed by atoms with Gasteiger partial charge in [-0.05, 0) is 17.7 Å². The van der Waals surface area contributed by atoms with E-state index >= 15 is 0 Å². The highest BCUT2D eigenvalue weighted by molar-refractivity contribution is 6.30. The summed E-state index contributed by atoms with van der Waals surface area (Å²) < 4.78 is 0. The number of nitrogens with one attached hydrogen (secondary N) is 1. The Morgan fingerprint density at radius 1 is 1.20 bits per heavy atom. The number of rotatable bonds is 2. The average Bonchev–Trinajstić information content (AvgIpc) is 2.25. The Morgan fingerprint density at radius 3 is 2.40 bits per heavy atom. The van der Waals surface area contributed by atoms with E-state index in [4.69, 9.17) is 11.6 Å². The van der Waals surface area contributed by atoms with E-state index in [1.165, 1.54) is 10.5 Å². The summed E-state index contributed by atoms with van der Waals surface area (Å²) in [6.07, 6.45) is 0. The summed E-state index contributed by atoms with van der Waals surface area (Å²) in [6.45, 7) is 5.61. The monoisotopic (exact) mass is 224 g/mol. The normalized spacial score (nSPS) is 19.3. The minimum atomic E-state index is 0.811. The number of benzene rings is 1. The van der Waals surface area contributed by atoms with Crippen molar-refractivity contribution in [2.75, 3.05) is 26.2 Å². The van der Waals surface area contributed by atoms with Crippen LogP contribution in [0.1, 0.15) is 5.56 Å². The van der Waals surface area contributed by atoms with Gasteiger partial charge in [0.1, 0.15) is 0 Å². The lowest BCUT2D eigenvalue weighted by Crippen LogP contribution is -3.09. The lowest BCUT2D eigenvalue weighted by atomic mass is 10.2. The van der Waals surface area contributed by atoms with E-state index < -0.39 is 0 Å². The molecular weight excluding hydrogens is 208 g/mol. The topological polar surface area (TPSA) is 7.68 Å². The molecule has 82 valence electrons. The third-order valence-corrected chi connectivity index (χ3v) is 3.13. The van der Waals surface area contributed by atoms with E-state index in [-0.39, 0.29) is 0 Å². The van der Waals surface area contributed by atoms with Crippen LogP contribution in [0.5, 0.6) is 0 Å². The van der Waals surface area contributed by atoms with E-state index in [9.17, 15) is 0 Å². The molecule has 0 saturated carbocycles. The molecule has 1 saturated heterocycles. The van der Waals surface area contributed by atoms with Gasteiger partial charge in [0.2, 0.25) is 0 Å². The van der Waals surface area contributed by atoms with Crippen molar-refractivity contribution in [3.63, 3.8) is 0 Å². The van der Waals surface area contributed by atoms with Crippen molar-refractivity contribution in [2.45, 2.75) is 6.54 Å². The first kappa shape index (κ1) is 10.9. The number of quaternary nitrogens is 1. The van der Waals surface area contributed by atoms with Crippen molar-refractivity contribution in [1.29, 1.82) is 0 Å². The Bertz CT molecular complexity index is 302. The Labute approximate surface area is 96.4 Å². The second-order valence-corrected chi connectivity index (χ2v) is 4.59. The van der Waals surface area contributed by atoms with Crippen molar-refractivity contribution in [1.82, 2.24) is 4.90 Å². The van der Waals surface area contributed by atoms with Crippen molar-refractivity contribution in [3.8, 4) is 0 Å². The predicted octanol–water partition coefficient (Wildman–Crippen LogP) is 0.832. The quantitative estimate of drug-likeness (QED) is 0.732. The van der Waals surface area contributed by atoms with Crippen LogP contribution in [0.4, 0.5) is 0 Å². The Kier molecular flexibility index (Phi) is 3.62. The van der Waals surface area contributed by atoms with Gasteiger partial charge < -0.3 is 4.90 Å². The molecule has 0 amide bonds. The molecule has 0 unspecified atom stereocenters. The smallest absolute Gasteiger partial charge is 0.0660 e. The summed E-state index contributed by atoms with van der Waals surface area (Å²) in [5.74, 6) is 0. The molecule has 3 heteroatoms. The molecule has 1 aromatic carbocycles. The van der Waals surface area contributed by atoms with Gasteiger partial charge in [-0.15, -0.1) is 0 Å². The van der Waals surface area contributed by atoms with Crippen LogP contribution >= 0.6 is 11.6 Å². The number of halogens is 1. The molecule has 1 N–H and O–H groups in total. The molecule has 2 nitrogen and oxygen atoms in total. The summed E-state index contributed by atoms with van der Waals surface area (Å²) in [6, 6.07) is 8.12. The second-order valence-electron chi connectivity index (χ2n) is 4.15. The lowest BCUT2D eigenvalue weighted by molar-refractivity contribution is -0.858. The molecule has 0 aliphatic carbocycles. The molecule has 1 aliphatic heterocycles. The Balaban J connectivity index is 1.89. The van der Waals surface area contributed by atoms with Gasteiger partial charge >= 0.3 is 0 Å². The maximum Gasteiger partial charge on any atom is 0.0660 e. The minimum absolute atomic E-state index is 0.811. The predicted molar refractivity (Wildman–Crippen MR) is 62.8 cm³/mol. The molecule has 2 rings (SSSR count). The first-order valence-corrected chi connectivity index (χ1v) is 5.75. The van der Waals surface area contributed by atoms with Crippen molar-refractivity contribution < 1.29 is 4.90 Å². The summed E-state index contributed by atoms with van der Waals surface area (Å²) in [5, 5.41) is 0.811. The SMILES string of the molecule is [CH2-][NH+]1CCN(Cc2ccc(Cl)cc2)CC1. The number of nitrogens with zero attached hydrogens (tertiary/aromatic N) is 1. The molecule has 0 aromatic heterocycles. The van der Waals surface area contributed by atoms with E-state index in [0.29, 0.717) is 0 Å². The van der Waals surface area contributed by atoms with Gasteiger partial charge in [0, 0.05) is 24.7 Å². The van der Waals surface area contributed by atoms with E-state index in [2.05, 4.69) is 24.1 Å². The van der Waals surface area contributed by atoms with Crippen LogP contribution in [-0.2, 0) is 6.54 Å². The van der Waals surface area contributed by atoms with Crippen LogP contribution in [0.15, 0.2) is 24.3 Å². The summed E-state index contributed by atoms with van der Waals surface area (Å²) >= 11 is 5.85. The summed E-state index contributed by atoms with van der Waals surface area (Å²) in [7, 11) is 4.02. The molecule has 15 heavy (non-hydrogen) atoms. The van der Waals surface area contributed by atoms with Gasteiger partial charge in [-0.25, -0.2) is 0 Å². The van der Waals surface area contributed by atoms with Gasteiger partial charge in [0.15, 0.2) is 0 Å². The fourth-order valence-electron chi connectivity index (χ4n) is 1.88. The zero-order chi connectivity index (χ0) is 10.7. The van der Waals surface area contributed by atoms with Crippen molar-refractivity contribution >= 4 is 11.6 Å². The van der Waals surface area contributed by atoms with Crippen LogP contribution in [0.3, 0.4) is 0 Å². The maximum atomic E-state index is 5.85. The average molecular weight is 225 g/mol. The van der Waals surface area contributed by atoms with Gasteiger partial charge in [-0.3, -0.25) is 4.90 Å². The van der Waals surface area contributed by atoms with Gasteiger partial charge in [0.05, 0.1) is 13.1 Å². The molecule has 1 fully saturated rings. The fourth-order valence-corrected chi connectivity index (χ4v) is 2.00. The third kappa shape index (κ3) is 3.20. The largest absolute Gasteiger partial charge is 0.466 e. The molecule has 0 bridgehead atoms. The standard InChI is InChI=1S/C12H17ClN2/c1-14-6-8-15(9-7-14)10-11-2-4-12(13)5-3-11/h2-5,14H,1,6-10H2. The van der Waals surface area contributed by atoms with Gasteiger partial charge in [-0.1, -0.05) is 23.7 Å². The number of hydrogen-bond acceptors (Lipinski definition) is 1. The van der Waals surface area contributed by atoms with Crippen molar-refractivity contribution in [3.05, 3.63) is 41.9 Å². The van der Waals surface area contributed by atoms with E-state index in [0.717, 1.165) is 37.7 Å². The van der Waals surface area contributed by atoms with Crippen LogP contribution < -0.4 is 4.90 Å². The lowest BCUT2D eigenvalue weighted by Gasteiger charge is -2.33. The zero-order valence-electron chi connectivity index (χ0n) is 8.88. The van der Waals surface area contributed by atoms with Gasteiger partial charge in [-0.2, -0.15) is 7.05 Å². The third-order valence-electron chi connectivity index (χ3n) is 2.88. The van der Waals surface area contributed by atoms with E-state index in [1.807, 2.05) is 12.1 Å². The first-order chi connectivity index (χ1) is 7.24. The van der Waals surface area contributed by atoms with Crippen molar-refractivity contribution in [2.24, 2.45) is 0 Å². The molecule has 1 aliphatic rings. The molecule has 0 atom stereocenters. The van der Waals surface area contributed by atoms with E-state index in [1.54, 1.807) is 0 Å². The molecular formula is C12H17ClN2. The molecule has 0 spiro atoms. The number of piperazine rings is 1. The summed E-state index contributed by atoms with van der Waals surface area (Å²) in [5.41, 5.74) is 1.34. The molecule has 0 radical (unpaired) electrons. The highest BCUT2D eigenvalue weighted by Crippen LogP contribution is 2.11. The fraction of sp³-hybridized carbons (Fsp3) is 0.417. The van der Waals surface area contributed by atoms with Crippen LogP contribution in [0, 0.1) is 7.05 Å². The first-order valence-electron chi connectivity index (χ1n) is 5.37. The van der Waals surface area contributed by atoms with Crippen LogP contribution in [-0.4, -0.2) is 31.1 Å². The highest BCUT2D eigenvalue weighted by atomic mass is 35.5. The maximum absolute atomic E-state index is 5.85.